The van der Waals surface area contributed by atoms with E-state index in [2.05, 4.69) is 20.3 Å². The number of aliphatic hydroxyl groups excluding tert-OH is 3. The summed E-state index contributed by atoms with van der Waals surface area (Å²) in [4.78, 5) is 12.6. The lowest BCUT2D eigenvalue weighted by atomic mass is 10.1. The van der Waals surface area contributed by atoms with Crippen molar-refractivity contribution >= 4 is 17.0 Å². The molecule has 1 fully saturated rings. The number of fused-ring (bicyclic) bond motifs is 1. The number of nitrogens with zero attached hydrogens (tertiary/aromatic N) is 4. The standard InChI is InChI=1S/C18H21N5O7/c1-29-10-3-9(25)2-8(13(10)26)4-19-16-12-17(21-6-20-16)23(7-22-12)18-15(28)14(27)11(5-24)30-18/h2-3,6-7,11,14-15,18,24-28H,4-5H2,1H3,(H,19,20,21)/t11-,14-,15-,18?/m1/s1. The second-order valence-electron chi connectivity index (χ2n) is 6.78. The lowest BCUT2D eigenvalue weighted by Crippen LogP contribution is -2.33. The highest BCUT2D eigenvalue weighted by molar-refractivity contribution is 5.82. The Kier molecular flexibility index (Phi) is 5.30. The minimum Gasteiger partial charge on any atom is -0.508 e. The molecule has 1 aliphatic rings. The van der Waals surface area contributed by atoms with Crippen LogP contribution in [-0.4, -0.2) is 77.1 Å². The van der Waals surface area contributed by atoms with Gasteiger partial charge in [0.2, 0.25) is 0 Å². The van der Waals surface area contributed by atoms with Gasteiger partial charge < -0.3 is 40.3 Å². The first-order valence-electron chi connectivity index (χ1n) is 9.07. The van der Waals surface area contributed by atoms with Crippen LogP contribution in [0.25, 0.3) is 11.2 Å². The number of nitrogens with one attached hydrogen (secondary N) is 1. The van der Waals surface area contributed by atoms with Gasteiger partial charge in [-0.2, -0.15) is 0 Å². The maximum absolute atomic E-state index is 10.3. The number of ether oxygens (including phenoxy) is 2. The van der Waals surface area contributed by atoms with Gasteiger partial charge in [0.15, 0.2) is 34.7 Å². The van der Waals surface area contributed by atoms with E-state index < -0.39 is 31.1 Å². The molecule has 0 aliphatic carbocycles. The zero-order valence-corrected chi connectivity index (χ0v) is 15.9. The van der Waals surface area contributed by atoms with Gasteiger partial charge >= 0.3 is 0 Å². The summed E-state index contributed by atoms with van der Waals surface area (Å²) in [7, 11) is 1.38. The Morgan fingerprint density at radius 1 is 1.17 bits per heavy atom. The number of hydrogen-bond donors (Lipinski definition) is 6. The minimum absolute atomic E-state index is 0.0667. The molecule has 0 radical (unpaired) electrons. The van der Waals surface area contributed by atoms with Crippen LogP contribution in [0.4, 0.5) is 5.82 Å². The Hall–Kier alpha value is -3.19. The third kappa shape index (κ3) is 3.35. The van der Waals surface area contributed by atoms with Gasteiger partial charge in [-0.1, -0.05) is 0 Å². The number of aromatic hydroxyl groups is 2. The monoisotopic (exact) mass is 419 g/mol. The molecule has 12 nitrogen and oxygen atoms in total. The van der Waals surface area contributed by atoms with Gasteiger partial charge in [0.25, 0.3) is 0 Å². The summed E-state index contributed by atoms with van der Waals surface area (Å²) in [5, 5.41) is 52.6. The van der Waals surface area contributed by atoms with Crippen LogP contribution in [0.1, 0.15) is 11.8 Å². The average molecular weight is 419 g/mol. The van der Waals surface area contributed by atoms with Crippen LogP contribution < -0.4 is 10.1 Å². The lowest BCUT2D eigenvalue weighted by molar-refractivity contribution is -0.0511. The van der Waals surface area contributed by atoms with E-state index in [-0.39, 0.29) is 23.8 Å². The third-order valence-electron chi connectivity index (χ3n) is 4.95. The number of aromatic nitrogens is 4. The number of imidazole rings is 1. The van der Waals surface area contributed by atoms with E-state index in [9.17, 15) is 25.5 Å². The van der Waals surface area contributed by atoms with Gasteiger partial charge in [0.1, 0.15) is 30.4 Å². The zero-order chi connectivity index (χ0) is 21.4. The quantitative estimate of drug-likeness (QED) is 0.283. The first-order chi connectivity index (χ1) is 14.4. The Morgan fingerprint density at radius 2 is 1.97 bits per heavy atom. The number of rotatable bonds is 6. The molecular weight excluding hydrogens is 398 g/mol. The van der Waals surface area contributed by atoms with Crippen molar-refractivity contribution < 1.29 is 35.0 Å². The molecule has 0 spiro atoms. The van der Waals surface area contributed by atoms with Gasteiger partial charge in [0, 0.05) is 18.2 Å². The van der Waals surface area contributed by atoms with Gasteiger partial charge in [-0.25, -0.2) is 15.0 Å². The first kappa shape index (κ1) is 20.1. The first-order valence-corrected chi connectivity index (χ1v) is 9.07. The SMILES string of the molecule is COc1cc(O)cc(CNc2ncnc3c2ncn3C2O[C@H](CO)[C@@H](O)[C@H]2O)c1O. The average Bonchev–Trinajstić information content (AvgIpc) is 3.29. The van der Waals surface area contributed by atoms with Gasteiger partial charge in [-0.3, -0.25) is 4.57 Å². The third-order valence-corrected chi connectivity index (χ3v) is 4.95. The Labute approximate surface area is 170 Å². The topological polar surface area (TPSA) is 175 Å². The van der Waals surface area contributed by atoms with Crippen molar-refractivity contribution in [2.24, 2.45) is 0 Å². The largest absolute Gasteiger partial charge is 0.508 e. The van der Waals surface area contributed by atoms with Crippen molar-refractivity contribution in [3.05, 3.63) is 30.4 Å². The van der Waals surface area contributed by atoms with Crippen molar-refractivity contribution in [2.75, 3.05) is 19.0 Å². The molecule has 12 heteroatoms. The molecule has 3 heterocycles. The highest BCUT2D eigenvalue weighted by Gasteiger charge is 2.44. The highest BCUT2D eigenvalue weighted by atomic mass is 16.6. The van der Waals surface area contributed by atoms with Crippen LogP contribution in [0.15, 0.2) is 24.8 Å². The molecule has 1 saturated heterocycles. The Bertz CT molecular complexity index is 1060. The summed E-state index contributed by atoms with van der Waals surface area (Å²) in [5.41, 5.74) is 1.07. The maximum atomic E-state index is 10.3. The van der Waals surface area contributed by atoms with E-state index in [0.29, 0.717) is 22.5 Å². The van der Waals surface area contributed by atoms with E-state index >= 15 is 0 Å². The van der Waals surface area contributed by atoms with Crippen molar-refractivity contribution in [2.45, 2.75) is 31.1 Å². The molecule has 0 bridgehead atoms. The number of phenolic OH excluding ortho intramolecular Hbond substituents is 2. The normalized spacial score (nSPS) is 23.7. The van der Waals surface area contributed by atoms with Crippen LogP contribution in [0.2, 0.25) is 0 Å². The lowest BCUT2D eigenvalue weighted by Gasteiger charge is -2.16. The number of phenols is 2. The fourth-order valence-corrected chi connectivity index (χ4v) is 3.40. The second-order valence-corrected chi connectivity index (χ2v) is 6.78. The molecule has 0 amide bonds. The summed E-state index contributed by atoms with van der Waals surface area (Å²) < 4.78 is 12.0. The molecule has 3 aromatic rings. The van der Waals surface area contributed by atoms with Gasteiger partial charge in [-0.05, 0) is 6.07 Å². The molecule has 4 atom stereocenters. The molecule has 0 saturated carbocycles. The molecule has 160 valence electrons. The summed E-state index contributed by atoms with van der Waals surface area (Å²) in [6, 6.07) is 2.69. The van der Waals surface area contributed by atoms with Crippen molar-refractivity contribution in [3.8, 4) is 17.2 Å². The van der Waals surface area contributed by atoms with Crippen LogP contribution in [-0.2, 0) is 11.3 Å². The van der Waals surface area contributed by atoms with Crippen LogP contribution in [0, 0.1) is 0 Å². The Balaban J connectivity index is 1.61. The molecule has 4 rings (SSSR count). The van der Waals surface area contributed by atoms with E-state index in [0.717, 1.165) is 0 Å². The molecule has 6 N–H and O–H groups in total. The van der Waals surface area contributed by atoms with Crippen LogP contribution in [0.3, 0.4) is 0 Å². The van der Waals surface area contributed by atoms with Gasteiger partial charge in [0.05, 0.1) is 20.0 Å². The van der Waals surface area contributed by atoms with Gasteiger partial charge in [-0.15, -0.1) is 0 Å². The van der Waals surface area contributed by atoms with Crippen LogP contribution >= 0.6 is 0 Å². The number of hydrogen-bond acceptors (Lipinski definition) is 11. The van der Waals surface area contributed by atoms with E-state index in [1.165, 1.54) is 36.5 Å². The zero-order valence-electron chi connectivity index (χ0n) is 15.9. The maximum Gasteiger partial charge on any atom is 0.167 e. The van der Waals surface area contributed by atoms with Crippen molar-refractivity contribution in [1.29, 1.82) is 0 Å². The highest BCUT2D eigenvalue weighted by Crippen LogP contribution is 2.35. The van der Waals surface area contributed by atoms with Crippen LogP contribution in [0.5, 0.6) is 17.2 Å². The molecule has 1 aromatic carbocycles. The number of benzene rings is 1. The number of methoxy groups -OCH3 is 1. The van der Waals surface area contributed by atoms with Crippen molar-refractivity contribution in [1.82, 2.24) is 19.5 Å². The molecule has 1 unspecified atom stereocenters. The van der Waals surface area contributed by atoms with E-state index in [1.54, 1.807) is 0 Å². The second kappa shape index (κ2) is 7.91. The fraction of sp³-hybridized carbons (Fsp3) is 0.389. The number of aliphatic hydroxyl groups is 3. The summed E-state index contributed by atoms with van der Waals surface area (Å²) in [5.74, 6) is 0.286. The summed E-state index contributed by atoms with van der Waals surface area (Å²) in [6.07, 6.45) is -1.76. The molecule has 1 aliphatic heterocycles. The smallest absolute Gasteiger partial charge is 0.167 e. The molecule has 2 aromatic heterocycles. The van der Waals surface area contributed by atoms with E-state index in [1.807, 2.05) is 0 Å². The fourth-order valence-electron chi connectivity index (χ4n) is 3.40. The molecular formula is C18H21N5O7. The van der Waals surface area contributed by atoms with E-state index in [4.69, 9.17) is 9.47 Å². The predicted octanol–water partition coefficient (Wildman–Crippen LogP) is -0.530. The summed E-state index contributed by atoms with van der Waals surface area (Å²) in [6.45, 7) is -0.344. The predicted molar refractivity (Wildman–Crippen MR) is 102 cm³/mol. The number of anilines is 1. The van der Waals surface area contributed by atoms with Crippen molar-refractivity contribution in [3.63, 3.8) is 0 Å². The molecule has 30 heavy (non-hydrogen) atoms. The minimum atomic E-state index is -1.28. The Morgan fingerprint density at radius 3 is 2.67 bits per heavy atom. The summed E-state index contributed by atoms with van der Waals surface area (Å²) >= 11 is 0.